The van der Waals surface area contributed by atoms with Gasteiger partial charge in [-0.2, -0.15) is 5.10 Å². The number of imidazole rings is 1. The number of aromatic nitrogens is 4. The molecule has 5 heteroatoms. The number of rotatable bonds is 4. The average molecular weight is 315 g/mol. The predicted octanol–water partition coefficient (Wildman–Crippen LogP) is 3.10. The van der Waals surface area contributed by atoms with Crippen molar-refractivity contribution in [1.82, 2.24) is 24.2 Å². The maximum absolute atomic E-state index is 4.48. The van der Waals surface area contributed by atoms with Crippen LogP contribution in [0.1, 0.15) is 38.3 Å². The third kappa shape index (κ3) is 3.07. The van der Waals surface area contributed by atoms with Crippen LogP contribution in [0.2, 0.25) is 0 Å². The molecule has 126 valence electrons. The molecule has 2 aromatic rings. The van der Waals surface area contributed by atoms with Gasteiger partial charge in [-0.25, -0.2) is 4.98 Å². The van der Waals surface area contributed by atoms with Crippen LogP contribution in [-0.2, 0) is 13.6 Å². The summed E-state index contributed by atoms with van der Waals surface area (Å²) in [6, 6.07) is 0. The van der Waals surface area contributed by atoms with Gasteiger partial charge in [0, 0.05) is 30.9 Å². The van der Waals surface area contributed by atoms with Gasteiger partial charge in [0.2, 0.25) is 0 Å². The van der Waals surface area contributed by atoms with E-state index in [4.69, 9.17) is 0 Å². The van der Waals surface area contributed by atoms with Crippen molar-refractivity contribution in [3.05, 3.63) is 24.4 Å². The molecule has 1 aliphatic carbocycles. The molecule has 0 aromatic carbocycles. The third-order valence-electron chi connectivity index (χ3n) is 5.62. The summed E-state index contributed by atoms with van der Waals surface area (Å²) in [5, 5.41) is 4.48. The molecule has 0 spiro atoms. The van der Waals surface area contributed by atoms with Crippen LogP contribution >= 0.6 is 0 Å². The topological polar surface area (TPSA) is 38.9 Å². The maximum atomic E-state index is 4.48. The van der Waals surface area contributed by atoms with Crippen molar-refractivity contribution in [3.63, 3.8) is 0 Å². The lowest BCUT2D eigenvalue weighted by atomic mass is 9.76. The van der Waals surface area contributed by atoms with Gasteiger partial charge in [0.05, 0.1) is 23.9 Å². The first-order chi connectivity index (χ1) is 10.9. The lowest BCUT2D eigenvalue weighted by Gasteiger charge is -2.45. The second-order valence-corrected chi connectivity index (χ2v) is 7.51. The van der Waals surface area contributed by atoms with Gasteiger partial charge in [-0.15, -0.1) is 0 Å². The molecular formula is C18H29N5. The maximum Gasteiger partial charge on any atom is 0.0951 e. The first-order valence-electron chi connectivity index (χ1n) is 8.59. The van der Waals surface area contributed by atoms with Gasteiger partial charge >= 0.3 is 0 Å². The first kappa shape index (κ1) is 16.2. The number of likely N-dealkylation sites (N-methyl/N-ethyl adjacent to an activating group) is 1. The molecule has 5 nitrogen and oxygen atoms in total. The molecule has 0 N–H and O–H groups in total. The van der Waals surface area contributed by atoms with Crippen LogP contribution in [0.15, 0.2) is 18.7 Å². The Hall–Kier alpha value is -1.62. The van der Waals surface area contributed by atoms with Crippen molar-refractivity contribution >= 4 is 0 Å². The molecule has 2 heterocycles. The molecule has 1 aliphatic rings. The Kier molecular flexibility index (Phi) is 4.32. The van der Waals surface area contributed by atoms with Crippen molar-refractivity contribution < 1.29 is 0 Å². The van der Waals surface area contributed by atoms with Gasteiger partial charge in [0.25, 0.3) is 0 Å². The minimum absolute atomic E-state index is 0.234. The molecule has 0 unspecified atom stereocenters. The second kappa shape index (κ2) is 6.11. The van der Waals surface area contributed by atoms with E-state index < -0.39 is 0 Å². The van der Waals surface area contributed by atoms with Crippen molar-refractivity contribution in [2.45, 2.75) is 51.6 Å². The molecule has 1 fully saturated rings. The van der Waals surface area contributed by atoms with Crippen molar-refractivity contribution in [3.8, 4) is 11.3 Å². The van der Waals surface area contributed by atoms with Gasteiger partial charge in [-0.3, -0.25) is 4.68 Å². The van der Waals surface area contributed by atoms with Gasteiger partial charge in [-0.1, -0.05) is 6.92 Å². The zero-order valence-corrected chi connectivity index (χ0v) is 15.1. The Labute approximate surface area is 139 Å². The lowest BCUT2D eigenvalue weighted by molar-refractivity contribution is 0.0657. The predicted molar refractivity (Wildman–Crippen MR) is 93.2 cm³/mol. The summed E-state index contributed by atoms with van der Waals surface area (Å²) in [6.45, 7) is 5.44. The highest BCUT2D eigenvalue weighted by Crippen LogP contribution is 2.37. The number of nitrogens with zero attached hydrogens (tertiary/aromatic N) is 5. The smallest absolute Gasteiger partial charge is 0.0951 e. The third-order valence-corrected chi connectivity index (χ3v) is 5.62. The van der Waals surface area contributed by atoms with Gasteiger partial charge in [0.15, 0.2) is 0 Å². The van der Waals surface area contributed by atoms with Crippen LogP contribution in [0.4, 0.5) is 0 Å². The normalized spacial score (nSPS) is 25.2. The first-order valence-corrected chi connectivity index (χ1v) is 8.59. The quantitative estimate of drug-likeness (QED) is 0.870. The molecule has 0 radical (unpaired) electrons. The Morgan fingerprint density at radius 3 is 2.57 bits per heavy atom. The molecule has 0 bridgehead atoms. The van der Waals surface area contributed by atoms with E-state index >= 15 is 0 Å². The fourth-order valence-electron chi connectivity index (χ4n) is 3.89. The van der Waals surface area contributed by atoms with Crippen molar-refractivity contribution in [2.24, 2.45) is 13.0 Å². The van der Waals surface area contributed by atoms with E-state index in [1.807, 2.05) is 24.3 Å². The summed E-state index contributed by atoms with van der Waals surface area (Å²) < 4.78 is 4.20. The van der Waals surface area contributed by atoms with E-state index in [9.17, 15) is 0 Å². The fourth-order valence-corrected chi connectivity index (χ4v) is 3.89. The Bertz CT molecular complexity index is 659. The van der Waals surface area contributed by atoms with E-state index in [0.29, 0.717) is 0 Å². The highest BCUT2D eigenvalue weighted by molar-refractivity contribution is 5.60. The molecule has 2 aromatic heterocycles. The van der Waals surface area contributed by atoms with Gasteiger partial charge < -0.3 is 9.47 Å². The average Bonchev–Trinajstić information content (AvgIpc) is 3.07. The van der Waals surface area contributed by atoms with E-state index in [-0.39, 0.29) is 5.54 Å². The van der Waals surface area contributed by atoms with Crippen LogP contribution in [-0.4, -0.2) is 43.9 Å². The highest BCUT2D eigenvalue weighted by atomic mass is 15.3. The minimum Gasteiger partial charge on any atom is -0.329 e. The fraction of sp³-hybridized carbons (Fsp3) is 0.667. The van der Waals surface area contributed by atoms with E-state index in [1.54, 1.807) is 0 Å². The summed E-state index contributed by atoms with van der Waals surface area (Å²) in [5.41, 5.74) is 3.65. The zero-order valence-electron chi connectivity index (χ0n) is 15.1. The van der Waals surface area contributed by atoms with Crippen molar-refractivity contribution in [2.75, 3.05) is 14.1 Å². The number of aryl methyl sites for hydroxylation is 2. The molecule has 0 atom stereocenters. The monoisotopic (exact) mass is 315 g/mol. The van der Waals surface area contributed by atoms with Crippen LogP contribution in [0.25, 0.3) is 11.3 Å². The van der Waals surface area contributed by atoms with Crippen LogP contribution in [0.5, 0.6) is 0 Å². The van der Waals surface area contributed by atoms with Crippen LogP contribution in [0, 0.1) is 12.8 Å². The minimum atomic E-state index is 0.234. The second-order valence-electron chi connectivity index (χ2n) is 7.51. The summed E-state index contributed by atoms with van der Waals surface area (Å²) in [4.78, 5) is 6.86. The number of hydrogen-bond acceptors (Lipinski definition) is 3. The van der Waals surface area contributed by atoms with E-state index in [0.717, 1.165) is 18.2 Å². The SMILES string of the molecule is Cc1nn(C)cc1-c1cncn1CC1(N(C)C)CCC(C)CC1. The Balaban J connectivity index is 1.91. The molecule has 23 heavy (non-hydrogen) atoms. The standard InChI is InChI=1S/C18H29N5/c1-14-6-8-18(9-7-14,21(3)4)12-23-13-19-10-17(23)16-11-22(5)20-15(16)2/h10-11,13-14H,6-9,12H2,1-5H3. The summed E-state index contributed by atoms with van der Waals surface area (Å²) in [6.07, 6.45) is 11.2. The largest absolute Gasteiger partial charge is 0.329 e. The van der Waals surface area contributed by atoms with Gasteiger partial charge in [0.1, 0.15) is 0 Å². The van der Waals surface area contributed by atoms with E-state index in [1.165, 1.54) is 36.9 Å². The lowest BCUT2D eigenvalue weighted by Crippen LogP contribution is -2.50. The molecule has 3 rings (SSSR count). The molecule has 0 saturated heterocycles. The molecule has 0 amide bonds. The van der Waals surface area contributed by atoms with Crippen molar-refractivity contribution in [1.29, 1.82) is 0 Å². The highest BCUT2D eigenvalue weighted by Gasteiger charge is 2.37. The van der Waals surface area contributed by atoms with Crippen LogP contribution in [0.3, 0.4) is 0 Å². The van der Waals surface area contributed by atoms with E-state index in [2.05, 4.69) is 53.7 Å². The Morgan fingerprint density at radius 1 is 1.30 bits per heavy atom. The molecular weight excluding hydrogens is 286 g/mol. The zero-order chi connectivity index (χ0) is 16.6. The number of hydrogen-bond donors (Lipinski definition) is 0. The molecule has 0 aliphatic heterocycles. The van der Waals surface area contributed by atoms with Gasteiger partial charge in [-0.05, 0) is 52.6 Å². The van der Waals surface area contributed by atoms with Crippen LogP contribution < -0.4 is 0 Å². The Morgan fingerprint density at radius 2 is 2.00 bits per heavy atom. The molecule has 1 saturated carbocycles. The summed E-state index contributed by atoms with van der Waals surface area (Å²) >= 11 is 0. The summed E-state index contributed by atoms with van der Waals surface area (Å²) in [7, 11) is 6.42. The summed E-state index contributed by atoms with van der Waals surface area (Å²) in [5.74, 6) is 0.853.